The Hall–Kier alpha value is -2.02. The predicted molar refractivity (Wildman–Crippen MR) is 87.0 cm³/mol. The van der Waals surface area contributed by atoms with Crippen LogP contribution in [-0.4, -0.2) is 12.6 Å². The first-order chi connectivity index (χ1) is 10.9. The Balaban J connectivity index is 2.07. The zero-order chi connectivity index (χ0) is 16.6. The van der Waals surface area contributed by atoms with Gasteiger partial charge in [-0.25, -0.2) is 4.79 Å². The van der Waals surface area contributed by atoms with Crippen LogP contribution in [0.15, 0.2) is 38.5 Å². The van der Waals surface area contributed by atoms with Gasteiger partial charge in [-0.1, -0.05) is 41.1 Å². The summed E-state index contributed by atoms with van der Waals surface area (Å²) < 4.78 is 30.9. The molecule has 0 amide bonds. The molecule has 2 N–H and O–H groups in total. The zero-order valence-corrected chi connectivity index (χ0v) is 13.8. The summed E-state index contributed by atoms with van der Waals surface area (Å²) in [5.41, 5.74) is 6.57. The second kappa shape index (κ2) is 5.88. The summed E-state index contributed by atoms with van der Waals surface area (Å²) in [7, 11) is -4.00. The fourth-order valence-corrected chi connectivity index (χ4v) is 4.32. The topological polar surface area (TPSA) is 95.3 Å². The molecule has 0 saturated heterocycles. The van der Waals surface area contributed by atoms with E-state index in [1.165, 1.54) is 12.1 Å². The van der Waals surface area contributed by atoms with Crippen LogP contribution >= 0.6 is 0 Å². The molecule has 1 heterocycles. The summed E-state index contributed by atoms with van der Waals surface area (Å²) in [6.45, 7) is 1.86. The van der Waals surface area contributed by atoms with Crippen LogP contribution in [0.5, 0.6) is 0 Å². The van der Waals surface area contributed by atoms with Crippen molar-refractivity contribution in [3.05, 3.63) is 45.8 Å². The minimum absolute atomic E-state index is 0.0190. The smallest absolute Gasteiger partial charge is 0.364 e. The van der Waals surface area contributed by atoms with Gasteiger partial charge in [-0.15, -0.1) is 0 Å². The van der Waals surface area contributed by atoms with Gasteiger partial charge in [0.2, 0.25) is 0 Å². The molecule has 1 aliphatic rings. The number of nitrogen functional groups attached to an aromatic ring is 1. The van der Waals surface area contributed by atoms with Crippen LogP contribution in [0.25, 0.3) is 0 Å². The molecule has 23 heavy (non-hydrogen) atoms. The van der Waals surface area contributed by atoms with Gasteiger partial charge in [0.25, 0.3) is 10.0 Å². The number of nitrogens with two attached hydrogens (primary N) is 1. The number of aryl methyl sites for hydroxylation is 1. The van der Waals surface area contributed by atoms with Gasteiger partial charge in [-0.05, 0) is 37.8 Å². The zero-order valence-electron chi connectivity index (χ0n) is 13.0. The van der Waals surface area contributed by atoms with Gasteiger partial charge in [0.15, 0.2) is 5.82 Å². The van der Waals surface area contributed by atoms with E-state index in [-0.39, 0.29) is 16.6 Å². The van der Waals surface area contributed by atoms with Crippen molar-refractivity contribution in [2.24, 2.45) is 0 Å². The van der Waals surface area contributed by atoms with E-state index >= 15 is 0 Å². The Labute approximate surface area is 134 Å². The van der Waals surface area contributed by atoms with E-state index in [9.17, 15) is 13.2 Å². The first-order valence-corrected chi connectivity index (χ1v) is 9.19. The van der Waals surface area contributed by atoms with Gasteiger partial charge >= 0.3 is 5.63 Å². The molecule has 124 valence electrons. The molecule has 0 unspecified atom stereocenters. The summed E-state index contributed by atoms with van der Waals surface area (Å²) in [5, 5.41) is 0. The number of hydrogen-bond donors (Lipinski definition) is 1. The fourth-order valence-electron chi connectivity index (χ4n) is 3.13. The van der Waals surface area contributed by atoms with Crippen molar-refractivity contribution in [1.82, 2.24) is 4.15 Å². The largest absolute Gasteiger partial charge is 0.381 e. The second-order valence-electron chi connectivity index (χ2n) is 6.06. The Morgan fingerprint density at radius 2 is 1.74 bits per heavy atom. The van der Waals surface area contributed by atoms with E-state index < -0.39 is 15.6 Å². The first-order valence-electron chi connectivity index (χ1n) is 7.75. The van der Waals surface area contributed by atoms with Crippen molar-refractivity contribution in [2.45, 2.75) is 49.8 Å². The molecule has 1 fully saturated rings. The van der Waals surface area contributed by atoms with Gasteiger partial charge in [0, 0.05) is 0 Å². The summed E-state index contributed by atoms with van der Waals surface area (Å²) in [6.07, 6.45) is 4.83. The number of benzene rings is 1. The standard InChI is InChI=1S/C16H20N2O4S/c1-11-7-9-13(10-8-11)23(20,21)18-15(17)14(16(19)22-18)12-5-3-2-4-6-12/h7-10,12H,2-6,17H2,1H3. The molecule has 0 spiro atoms. The molecule has 1 aromatic heterocycles. The van der Waals surface area contributed by atoms with Crippen LogP contribution in [0.4, 0.5) is 5.82 Å². The molecule has 1 aliphatic carbocycles. The summed E-state index contributed by atoms with van der Waals surface area (Å²) in [5.74, 6) is -0.114. The highest BCUT2D eigenvalue weighted by atomic mass is 32.2. The van der Waals surface area contributed by atoms with Crippen molar-refractivity contribution < 1.29 is 12.9 Å². The van der Waals surface area contributed by atoms with Crippen LogP contribution in [0.1, 0.15) is 49.1 Å². The first kappa shape index (κ1) is 15.9. The lowest BCUT2D eigenvalue weighted by atomic mass is 9.85. The molecule has 0 atom stereocenters. The van der Waals surface area contributed by atoms with Crippen molar-refractivity contribution in [1.29, 1.82) is 0 Å². The molecular weight excluding hydrogens is 316 g/mol. The van der Waals surface area contributed by atoms with Crippen LogP contribution in [0.3, 0.4) is 0 Å². The molecule has 6 nitrogen and oxygen atoms in total. The lowest BCUT2D eigenvalue weighted by Gasteiger charge is -2.19. The van der Waals surface area contributed by atoms with Crippen molar-refractivity contribution in [3.8, 4) is 0 Å². The van der Waals surface area contributed by atoms with Crippen LogP contribution in [0, 0.1) is 6.92 Å². The van der Waals surface area contributed by atoms with Crippen LogP contribution in [-0.2, 0) is 10.0 Å². The van der Waals surface area contributed by atoms with Gasteiger partial charge < -0.3 is 10.3 Å². The maximum absolute atomic E-state index is 12.7. The average Bonchev–Trinajstić information content (AvgIpc) is 2.84. The molecule has 0 bridgehead atoms. The molecular formula is C16H20N2O4S. The molecule has 0 aliphatic heterocycles. The summed E-state index contributed by atoms with van der Waals surface area (Å²) in [6, 6.07) is 6.33. The van der Waals surface area contributed by atoms with E-state index in [2.05, 4.69) is 0 Å². The van der Waals surface area contributed by atoms with E-state index in [1.807, 2.05) is 6.92 Å². The molecule has 3 rings (SSSR count). The maximum atomic E-state index is 12.7. The summed E-state index contributed by atoms with van der Waals surface area (Å²) >= 11 is 0. The monoisotopic (exact) mass is 336 g/mol. The highest BCUT2D eigenvalue weighted by Gasteiger charge is 2.30. The Morgan fingerprint density at radius 3 is 2.35 bits per heavy atom. The number of nitrogens with zero attached hydrogens (tertiary/aromatic N) is 1. The molecule has 1 aromatic carbocycles. The lowest BCUT2D eigenvalue weighted by Crippen LogP contribution is -2.16. The van der Waals surface area contributed by atoms with Crippen LogP contribution in [0.2, 0.25) is 0 Å². The third kappa shape index (κ3) is 2.81. The van der Waals surface area contributed by atoms with E-state index in [4.69, 9.17) is 10.3 Å². The van der Waals surface area contributed by atoms with Crippen molar-refractivity contribution in [2.75, 3.05) is 5.73 Å². The Bertz CT molecular complexity index is 856. The Morgan fingerprint density at radius 1 is 1.13 bits per heavy atom. The normalized spacial score (nSPS) is 16.6. The highest BCUT2D eigenvalue weighted by molar-refractivity contribution is 7.89. The second-order valence-corrected chi connectivity index (χ2v) is 7.81. The fraction of sp³-hybridized carbons (Fsp3) is 0.438. The minimum Gasteiger partial charge on any atom is -0.381 e. The van der Waals surface area contributed by atoms with Crippen molar-refractivity contribution in [3.63, 3.8) is 0 Å². The van der Waals surface area contributed by atoms with Crippen LogP contribution < -0.4 is 11.4 Å². The highest BCUT2D eigenvalue weighted by Crippen LogP contribution is 2.34. The predicted octanol–water partition coefficient (Wildman–Crippen LogP) is 2.62. The van der Waals surface area contributed by atoms with E-state index in [1.54, 1.807) is 12.1 Å². The number of anilines is 1. The van der Waals surface area contributed by atoms with Gasteiger partial charge in [0.1, 0.15) is 0 Å². The number of rotatable bonds is 3. The molecule has 7 heteroatoms. The summed E-state index contributed by atoms with van der Waals surface area (Å²) in [4.78, 5) is 12.2. The quantitative estimate of drug-likeness (QED) is 0.929. The third-order valence-corrected chi connectivity index (χ3v) is 5.98. The minimum atomic E-state index is -4.00. The van der Waals surface area contributed by atoms with Gasteiger partial charge in [-0.3, -0.25) is 0 Å². The average molecular weight is 336 g/mol. The Kier molecular flexibility index (Phi) is 4.06. The third-order valence-electron chi connectivity index (χ3n) is 4.41. The van der Waals surface area contributed by atoms with E-state index in [0.29, 0.717) is 9.71 Å². The van der Waals surface area contributed by atoms with Crippen molar-refractivity contribution >= 4 is 15.8 Å². The number of aromatic nitrogens is 1. The molecule has 1 saturated carbocycles. The van der Waals surface area contributed by atoms with Gasteiger partial charge in [0.05, 0.1) is 10.5 Å². The van der Waals surface area contributed by atoms with E-state index in [0.717, 1.165) is 37.7 Å². The number of hydrogen-bond acceptors (Lipinski definition) is 5. The lowest BCUT2D eigenvalue weighted by molar-refractivity contribution is 0.342. The van der Waals surface area contributed by atoms with Gasteiger partial charge in [-0.2, -0.15) is 8.42 Å². The molecule has 2 aromatic rings. The SMILES string of the molecule is Cc1ccc(S(=O)(=O)n2oc(=O)c(C3CCCCC3)c2N)cc1. The maximum Gasteiger partial charge on any atom is 0.364 e. The molecule has 0 radical (unpaired) electrons.